The van der Waals surface area contributed by atoms with Gasteiger partial charge in [-0.3, -0.25) is 0 Å². The molecule has 124 valence electrons. The number of pyridine rings is 1. The lowest BCUT2D eigenvalue weighted by molar-refractivity contribution is 0.396. The van der Waals surface area contributed by atoms with E-state index in [1.165, 1.54) is 18.0 Å². The average molecular weight is 364 g/mol. The summed E-state index contributed by atoms with van der Waals surface area (Å²) in [6, 6.07) is 7.11. The Balaban J connectivity index is 1.59. The molecule has 4 nitrogen and oxygen atoms in total. The SMILES string of the molecule is COc1nc(C2CC2)c(F)cc1NSc1c[nH]c2cc(Cl)ccc12. The van der Waals surface area contributed by atoms with Crippen molar-refractivity contribution in [2.24, 2.45) is 0 Å². The Kier molecular flexibility index (Phi) is 4.02. The first-order valence-electron chi connectivity index (χ1n) is 7.59. The Labute approximate surface area is 147 Å². The summed E-state index contributed by atoms with van der Waals surface area (Å²) in [5.41, 5.74) is 1.98. The number of aromatic amines is 1. The first-order chi connectivity index (χ1) is 11.7. The smallest absolute Gasteiger partial charge is 0.238 e. The fraction of sp³-hybridized carbons (Fsp3) is 0.235. The highest BCUT2D eigenvalue weighted by atomic mass is 35.5. The van der Waals surface area contributed by atoms with Crippen LogP contribution in [-0.2, 0) is 0 Å². The third-order valence-corrected chi connectivity index (χ3v) is 5.12. The van der Waals surface area contributed by atoms with E-state index in [-0.39, 0.29) is 11.7 Å². The first kappa shape index (κ1) is 15.6. The molecule has 4 rings (SSSR count). The molecule has 0 unspecified atom stereocenters. The van der Waals surface area contributed by atoms with Crippen molar-refractivity contribution in [2.75, 3.05) is 11.8 Å². The number of ether oxygens (including phenoxy) is 1. The number of fused-ring (bicyclic) bond motifs is 1. The molecule has 0 amide bonds. The fourth-order valence-corrected chi connectivity index (χ4v) is 3.57. The highest BCUT2D eigenvalue weighted by molar-refractivity contribution is 8.00. The molecular weight excluding hydrogens is 349 g/mol. The van der Waals surface area contributed by atoms with Gasteiger partial charge in [-0.05, 0) is 36.9 Å². The van der Waals surface area contributed by atoms with E-state index in [1.54, 1.807) is 7.11 Å². The van der Waals surface area contributed by atoms with Gasteiger partial charge >= 0.3 is 0 Å². The average Bonchev–Trinajstić information content (AvgIpc) is 3.34. The molecule has 0 saturated heterocycles. The largest absolute Gasteiger partial charge is 0.479 e. The van der Waals surface area contributed by atoms with Crippen LogP contribution < -0.4 is 9.46 Å². The molecule has 24 heavy (non-hydrogen) atoms. The van der Waals surface area contributed by atoms with Gasteiger partial charge < -0.3 is 14.4 Å². The van der Waals surface area contributed by atoms with Gasteiger partial charge in [-0.15, -0.1) is 0 Å². The minimum absolute atomic E-state index is 0.235. The number of methoxy groups -OCH3 is 1. The summed E-state index contributed by atoms with van der Waals surface area (Å²) in [4.78, 5) is 8.48. The summed E-state index contributed by atoms with van der Waals surface area (Å²) in [5, 5.41) is 1.72. The second-order valence-electron chi connectivity index (χ2n) is 5.73. The Morgan fingerprint density at radius 2 is 2.21 bits per heavy atom. The number of aromatic nitrogens is 2. The van der Waals surface area contributed by atoms with E-state index >= 15 is 0 Å². The molecule has 1 fully saturated rings. The number of nitrogens with one attached hydrogen (secondary N) is 2. The lowest BCUT2D eigenvalue weighted by Gasteiger charge is -2.11. The van der Waals surface area contributed by atoms with Gasteiger partial charge in [-0.2, -0.15) is 0 Å². The molecule has 2 aromatic heterocycles. The quantitative estimate of drug-likeness (QED) is 0.599. The topological polar surface area (TPSA) is 49.9 Å². The van der Waals surface area contributed by atoms with Gasteiger partial charge in [0.2, 0.25) is 5.88 Å². The van der Waals surface area contributed by atoms with Crippen molar-refractivity contribution in [1.82, 2.24) is 9.97 Å². The summed E-state index contributed by atoms with van der Waals surface area (Å²) in [6.45, 7) is 0. The number of hydrogen-bond donors (Lipinski definition) is 2. The van der Waals surface area contributed by atoms with Crippen LogP contribution >= 0.6 is 23.5 Å². The minimum atomic E-state index is -0.285. The van der Waals surface area contributed by atoms with E-state index in [4.69, 9.17) is 16.3 Å². The number of benzene rings is 1. The molecule has 1 aliphatic rings. The number of hydrogen-bond acceptors (Lipinski definition) is 4. The van der Waals surface area contributed by atoms with Crippen LogP contribution in [0.1, 0.15) is 24.5 Å². The van der Waals surface area contributed by atoms with Crippen LogP contribution in [0.5, 0.6) is 5.88 Å². The van der Waals surface area contributed by atoms with Gasteiger partial charge in [0.25, 0.3) is 0 Å². The van der Waals surface area contributed by atoms with E-state index < -0.39 is 0 Å². The van der Waals surface area contributed by atoms with Crippen molar-refractivity contribution in [2.45, 2.75) is 23.7 Å². The Morgan fingerprint density at radius 3 is 2.96 bits per heavy atom. The van der Waals surface area contributed by atoms with Crippen LogP contribution in [0.25, 0.3) is 10.9 Å². The maximum absolute atomic E-state index is 14.2. The maximum atomic E-state index is 14.2. The molecule has 2 heterocycles. The van der Waals surface area contributed by atoms with E-state index in [0.717, 1.165) is 28.6 Å². The predicted molar refractivity (Wildman–Crippen MR) is 95.5 cm³/mol. The zero-order chi connectivity index (χ0) is 16.7. The van der Waals surface area contributed by atoms with E-state index in [1.807, 2.05) is 24.4 Å². The van der Waals surface area contributed by atoms with Gasteiger partial charge in [0.15, 0.2) is 0 Å². The number of halogens is 2. The van der Waals surface area contributed by atoms with Crippen molar-refractivity contribution in [3.8, 4) is 5.88 Å². The van der Waals surface area contributed by atoms with Crippen LogP contribution in [0.4, 0.5) is 10.1 Å². The summed E-state index contributed by atoms with van der Waals surface area (Å²) in [7, 11) is 1.54. The third-order valence-electron chi connectivity index (χ3n) is 4.00. The molecule has 0 radical (unpaired) electrons. The standard InChI is InChI=1S/C17H15ClFN3OS/c1-23-17-14(7-12(19)16(21-17)9-2-3-9)22-24-15-8-20-13-6-10(18)4-5-11(13)15/h4-9,20,22H,2-3H2,1H3. The molecule has 0 atom stereocenters. The highest BCUT2D eigenvalue weighted by Gasteiger charge is 2.29. The van der Waals surface area contributed by atoms with Crippen LogP contribution in [0.3, 0.4) is 0 Å². The molecule has 1 aliphatic carbocycles. The normalized spacial score (nSPS) is 14.1. The van der Waals surface area contributed by atoms with Crippen LogP contribution in [0.15, 0.2) is 35.4 Å². The summed E-state index contributed by atoms with van der Waals surface area (Å²) in [6.07, 6.45) is 3.87. The lowest BCUT2D eigenvalue weighted by Crippen LogP contribution is -2.01. The number of rotatable bonds is 5. The highest BCUT2D eigenvalue weighted by Crippen LogP contribution is 2.42. The van der Waals surface area contributed by atoms with Gasteiger partial charge in [-0.1, -0.05) is 17.7 Å². The van der Waals surface area contributed by atoms with E-state index in [2.05, 4.69) is 14.7 Å². The fourth-order valence-electron chi connectivity index (χ4n) is 2.62. The summed E-state index contributed by atoms with van der Waals surface area (Å²) >= 11 is 7.37. The molecule has 3 aromatic rings. The van der Waals surface area contributed by atoms with Crippen molar-refractivity contribution in [3.05, 3.63) is 47.0 Å². The number of nitrogens with zero attached hydrogens (tertiary/aromatic N) is 1. The zero-order valence-electron chi connectivity index (χ0n) is 12.9. The Morgan fingerprint density at radius 1 is 1.38 bits per heavy atom. The van der Waals surface area contributed by atoms with Gasteiger partial charge in [0, 0.05) is 34.1 Å². The summed E-state index contributed by atoms with van der Waals surface area (Å²) < 4.78 is 22.7. The Bertz CT molecular complexity index is 910. The van der Waals surface area contributed by atoms with E-state index in [0.29, 0.717) is 22.3 Å². The molecule has 7 heteroatoms. The second-order valence-corrected chi connectivity index (χ2v) is 7.02. The minimum Gasteiger partial charge on any atom is -0.479 e. The number of anilines is 1. The van der Waals surface area contributed by atoms with Crippen LogP contribution in [0.2, 0.25) is 5.02 Å². The van der Waals surface area contributed by atoms with Gasteiger partial charge in [0.1, 0.15) is 11.5 Å². The zero-order valence-corrected chi connectivity index (χ0v) is 14.5. The number of H-pyrrole nitrogens is 1. The molecule has 2 N–H and O–H groups in total. The van der Waals surface area contributed by atoms with Gasteiger partial charge in [-0.25, -0.2) is 9.37 Å². The second kappa shape index (κ2) is 6.18. The molecule has 0 bridgehead atoms. The first-order valence-corrected chi connectivity index (χ1v) is 8.79. The Hall–Kier alpha value is -1.92. The van der Waals surface area contributed by atoms with Crippen molar-refractivity contribution < 1.29 is 9.13 Å². The molecular formula is C17H15ClFN3OS. The van der Waals surface area contributed by atoms with Crippen molar-refractivity contribution in [1.29, 1.82) is 0 Å². The van der Waals surface area contributed by atoms with Gasteiger partial charge in [0.05, 0.1) is 17.7 Å². The van der Waals surface area contributed by atoms with Crippen LogP contribution in [0, 0.1) is 5.82 Å². The third kappa shape index (κ3) is 2.91. The van der Waals surface area contributed by atoms with Crippen molar-refractivity contribution >= 4 is 40.1 Å². The molecule has 0 spiro atoms. The summed E-state index contributed by atoms with van der Waals surface area (Å²) in [5.74, 6) is 0.361. The lowest BCUT2D eigenvalue weighted by atomic mass is 10.2. The predicted octanol–water partition coefficient (Wildman–Crippen LogP) is 5.36. The van der Waals surface area contributed by atoms with Crippen molar-refractivity contribution in [3.63, 3.8) is 0 Å². The maximum Gasteiger partial charge on any atom is 0.238 e. The van der Waals surface area contributed by atoms with Crippen LogP contribution in [-0.4, -0.2) is 17.1 Å². The monoisotopic (exact) mass is 363 g/mol. The molecule has 1 saturated carbocycles. The van der Waals surface area contributed by atoms with E-state index in [9.17, 15) is 4.39 Å². The molecule has 1 aromatic carbocycles. The molecule has 0 aliphatic heterocycles.